The molecule has 1 aliphatic heterocycles. The van der Waals surface area contributed by atoms with Gasteiger partial charge in [0, 0.05) is 25.3 Å². The number of sulfonamides is 1. The van der Waals surface area contributed by atoms with Crippen LogP contribution in [-0.4, -0.2) is 34.5 Å². The molecule has 0 unspecified atom stereocenters. The molecule has 2 aromatic carbocycles. The molecule has 0 bridgehead atoms. The second-order valence-electron chi connectivity index (χ2n) is 5.74. The molecule has 3 rings (SSSR count). The van der Waals surface area contributed by atoms with Crippen LogP contribution in [0.4, 0.5) is 14.5 Å². The van der Waals surface area contributed by atoms with Crippen molar-refractivity contribution >= 4 is 21.6 Å². The molecule has 1 amide bonds. The predicted octanol–water partition coefficient (Wildman–Crippen LogP) is 1.84. The monoisotopic (exact) mass is 382 g/mol. The minimum Gasteiger partial charge on any atom is -0.489 e. The summed E-state index contributed by atoms with van der Waals surface area (Å²) < 4.78 is 58.3. The van der Waals surface area contributed by atoms with E-state index in [4.69, 9.17) is 4.74 Å². The smallest absolute Gasteiger partial charge is 0.240 e. The van der Waals surface area contributed by atoms with Gasteiger partial charge in [0.05, 0.1) is 11.3 Å². The Morgan fingerprint density at radius 3 is 2.69 bits per heavy atom. The molecule has 0 radical (unpaired) electrons. The topological polar surface area (TPSA) is 75.7 Å². The van der Waals surface area contributed by atoms with E-state index in [2.05, 4.69) is 4.72 Å². The molecular formula is C17H16F2N2O4S. The van der Waals surface area contributed by atoms with E-state index >= 15 is 0 Å². The molecule has 6 nitrogen and oxygen atoms in total. The van der Waals surface area contributed by atoms with Gasteiger partial charge in [0.2, 0.25) is 15.9 Å². The van der Waals surface area contributed by atoms with Crippen LogP contribution in [0.3, 0.4) is 0 Å². The van der Waals surface area contributed by atoms with Crippen molar-refractivity contribution in [3.8, 4) is 5.75 Å². The Bertz CT molecular complexity index is 963. The molecule has 0 spiro atoms. The van der Waals surface area contributed by atoms with Gasteiger partial charge in [-0.25, -0.2) is 21.9 Å². The van der Waals surface area contributed by atoms with Crippen molar-refractivity contribution in [2.45, 2.75) is 11.3 Å². The molecule has 26 heavy (non-hydrogen) atoms. The number of halogens is 2. The van der Waals surface area contributed by atoms with Crippen LogP contribution in [0.15, 0.2) is 41.3 Å². The third kappa shape index (κ3) is 3.68. The van der Waals surface area contributed by atoms with E-state index in [1.54, 1.807) is 13.1 Å². The third-order valence-electron chi connectivity index (χ3n) is 3.98. The number of benzene rings is 2. The first-order chi connectivity index (χ1) is 12.3. The Hall–Kier alpha value is -2.52. The molecule has 1 N–H and O–H groups in total. The van der Waals surface area contributed by atoms with Gasteiger partial charge in [-0.3, -0.25) is 4.79 Å². The van der Waals surface area contributed by atoms with Gasteiger partial charge in [0.15, 0.2) is 11.6 Å². The zero-order valence-electron chi connectivity index (χ0n) is 13.8. The largest absolute Gasteiger partial charge is 0.489 e. The highest BCUT2D eigenvalue weighted by molar-refractivity contribution is 7.89. The van der Waals surface area contributed by atoms with Crippen LogP contribution < -0.4 is 14.4 Å². The van der Waals surface area contributed by atoms with Crippen LogP contribution in [0.2, 0.25) is 0 Å². The lowest BCUT2D eigenvalue weighted by Gasteiger charge is -2.12. The first-order valence-electron chi connectivity index (χ1n) is 7.75. The van der Waals surface area contributed by atoms with Gasteiger partial charge in [0.1, 0.15) is 12.4 Å². The molecule has 0 atom stereocenters. The molecule has 0 aromatic heterocycles. The molecule has 9 heteroatoms. The second kappa shape index (κ2) is 7.00. The van der Waals surface area contributed by atoms with Crippen LogP contribution in [0, 0.1) is 11.6 Å². The number of carbonyl (C=O) groups excluding carboxylic acids is 1. The summed E-state index contributed by atoms with van der Waals surface area (Å²) >= 11 is 0. The van der Waals surface area contributed by atoms with Crippen molar-refractivity contribution in [2.24, 2.45) is 0 Å². The van der Waals surface area contributed by atoms with Crippen LogP contribution in [0.25, 0.3) is 0 Å². The van der Waals surface area contributed by atoms with E-state index in [9.17, 15) is 22.0 Å². The summed E-state index contributed by atoms with van der Waals surface area (Å²) in [5, 5.41) is 0. The van der Waals surface area contributed by atoms with Crippen LogP contribution in [0.1, 0.15) is 5.56 Å². The summed E-state index contributed by atoms with van der Waals surface area (Å²) in [6.07, 6.45) is 0.155. The molecule has 2 aromatic rings. The van der Waals surface area contributed by atoms with Crippen molar-refractivity contribution in [3.63, 3.8) is 0 Å². The fourth-order valence-electron chi connectivity index (χ4n) is 2.63. The fourth-order valence-corrected chi connectivity index (χ4v) is 3.69. The maximum Gasteiger partial charge on any atom is 0.240 e. The van der Waals surface area contributed by atoms with E-state index in [-0.39, 0.29) is 36.1 Å². The summed E-state index contributed by atoms with van der Waals surface area (Å²) in [7, 11) is -2.17. The van der Waals surface area contributed by atoms with E-state index in [0.29, 0.717) is 17.3 Å². The number of anilines is 1. The molecule has 138 valence electrons. The van der Waals surface area contributed by atoms with Gasteiger partial charge >= 0.3 is 0 Å². The van der Waals surface area contributed by atoms with Crippen molar-refractivity contribution in [2.75, 3.05) is 25.1 Å². The van der Waals surface area contributed by atoms with Gasteiger partial charge in [-0.15, -0.1) is 0 Å². The standard InChI is InChI=1S/C17H16F2N2O4S/c1-21-15-4-3-13(8-11(15)9-17(21)22)26(23,24)20-6-7-25-16-5-2-12(18)10-14(16)19/h2-5,8,10,20H,6-7,9H2,1H3. The second-order valence-corrected chi connectivity index (χ2v) is 7.51. The normalized spacial score (nSPS) is 13.8. The maximum absolute atomic E-state index is 13.4. The van der Waals surface area contributed by atoms with E-state index in [0.717, 1.165) is 12.1 Å². The maximum atomic E-state index is 13.4. The Kier molecular flexibility index (Phi) is 4.92. The zero-order chi connectivity index (χ0) is 18.9. The Morgan fingerprint density at radius 2 is 1.96 bits per heavy atom. The fraction of sp³-hybridized carbons (Fsp3) is 0.235. The average molecular weight is 382 g/mol. The van der Waals surface area contributed by atoms with Crippen molar-refractivity contribution < 1.29 is 26.7 Å². The van der Waals surface area contributed by atoms with E-state index in [1.807, 2.05) is 0 Å². The zero-order valence-corrected chi connectivity index (χ0v) is 14.6. The lowest BCUT2D eigenvalue weighted by Crippen LogP contribution is -2.28. The molecular weight excluding hydrogens is 366 g/mol. The van der Waals surface area contributed by atoms with Gasteiger partial charge < -0.3 is 9.64 Å². The van der Waals surface area contributed by atoms with Crippen LogP contribution in [-0.2, 0) is 21.2 Å². The van der Waals surface area contributed by atoms with Crippen LogP contribution >= 0.6 is 0 Å². The van der Waals surface area contributed by atoms with Gasteiger partial charge in [-0.05, 0) is 35.9 Å². The van der Waals surface area contributed by atoms with Gasteiger partial charge in [-0.1, -0.05) is 0 Å². The Balaban J connectivity index is 1.61. The van der Waals surface area contributed by atoms with E-state index < -0.39 is 21.7 Å². The van der Waals surface area contributed by atoms with Gasteiger partial charge in [0.25, 0.3) is 0 Å². The number of amides is 1. The molecule has 1 aliphatic rings. The number of fused-ring (bicyclic) bond motifs is 1. The number of rotatable bonds is 6. The molecule has 0 fully saturated rings. The quantitative estimate of drug-likeness (QED) is 0.774. The summed E-state index contributed by atoms with van der Waals surface area (Å²) in [5.74, 6) is -1.85. The summed E-state index contributed by atoms with van der Waals surface area (Å²) in [5.41, 5.74) is 1.33. The summed E-state index contributed by atoms with van der Waals surface area (Å²) in [6.45, 7) is -0.233. The number of nitrogens with zero attached hydrogens (tertiary/aromatic N) is 1. The number of likely N-dealkylation sites (N-methyl/N-ethyl adjacent to an activating group) is 1. The van der Waals surface area contributed by atoms with Crippen molar-refractivity contribution in [1.29, 1.82) is 0 Å². The summed E-state index contributed by atoms with van der Waals surface area (Å²) in [4.78, 5) is 13.2. The molecule has 0 aliphatic carbocycles. The Morgan fingerprint density at radius 1 is 1.19 bits per heavy atom. The van der Waals surface area contributed by atoms with Gasteiger partial charge in [-0.2, -0.15) is 0 Å². The highest BCUT2D eigenvalue weighted by atomic mass is 32.2. The Labute approximate surface area is 149 Å². The lowest BCUT2D eigenvalue weighted by molar-refractivity contribution is -0.117. The SMILES string of the molecule is CN1C(=O)Cc2cc(S(=O)(=O)NCCOc3ccc(F)cc3F)ccc21. The lowest BCUT2D eigenvalue weighted by atomic mass is 10.2. The molecule has 0 saturated heterocycles. The summed E-state index contributed by atoms with van der Waals surface area (Å²) in [6, 6.07) is 7.32. The third-order valence-corrected chi connectivity index (χ3v) is 5.44. The van der Waals surface area contributed by atoms with Crippen molar-refractivity contribution in [1.82, 2.24) is 4.72 Å². The number of hydrogen-bond donors (Lipinski definition) is 1. The predicted molar refractivity (Wildman–Crippen MR) is 90.6 cm³/mol. The first-order valence-corrected chi connectivity index (χ1v) is 9.23. The highest BCUT2D eigenvalue weighted by Crippen LogP contribution is 2.29. The average Bonchev–Trinajstić information content (AvgIpc) is 2.87. The highest BCUT2D eigenvalue weighted by Gasteiger charge is 2.26. The number of carbonyl (C=O) groups is 1. The first kappa shape index (κ1) is 18.3. The number of hydrogen-bond acceptors (Lipinski definition) is 4. The van der Waals surface area contributed by atoms with Crippen LogP contribution in [0.5, 0.6) is 5.75 Å². The number of ether oxygens (including phenoxy) is 1. The minimum absolute atomic E-state index is 0.0345. The molecule has 1 heterocycles. The van der Waals surface area contributed by atoms with E-state index in [1.165, 1.54) is 17.0 Å². The van der Waals surface area contributed by atoms with Crippen molar-refractivity contribution in [3.05, 3.63) is 53.6 Å². The molecule has 0 saturated carbocycles. The number of nitrogens with one attached hydrogen (secondary N) is 1. The minimum atomic E-state index is -3.80.